The molecule has 0 bridgehead atoms. The summed E-state index contributed by atoms with van der Waals surface area (Å²) in [7, 11) is 3.17. The second kappa shape index (κ2) is 14.9. The molecule has 1 heterocycles. The van der Waals surface area contributed by atoms with E-state index in [2.05, 4.69) is 0 Å². The lowest BCUT2D eigenvalue weighted by Crippen LogP contribution is -2.53. The van der Waals surface area contributed by atoms with Gasteiger partial charge in [0.1, 0.15) is 24.5 Å². The van der Waals surface area contributed by atoms with Crippen LogP contribution >= 0.6 is 0 Å². The molecule has 3 rings (SSSR count). The summed E-state index contributed by atoms with van der Waals surface area (Å²) in [6.45, 7) is 6.48. The van der Waals surface area contributed by atoms with E-state index in [1.807, 2.05) is 49.4 Å². The molecule has 0 radical (unpaired) electrons. The molecule has 41 heavy (non-hydrogen) atoms. The lowest BCUT2D eigenvalue weighted by atomic mass is 9.84. The number of rotatable bonds is 14. The number of hydrogen-bond donors (Lipinski definition) is 1. The van der Waals surface area contributed by atoms with E-state index in [4.69, 9.17) is 24.7 Å². The molecule has 0 spiro atoms. The average molecular weight is 569 g/mol. The minimum absolute atomic E-state index is 0.350. The summed E-state index contributed by atoms with van der Waals surface area (Å²) in [6, 6.07) is 12.3. The Bertz CT molecular complexity index is 1200. The van der Waals surface area contributed by atoms with E-state index in [0.29, 0.717) is 62.6 Å². The summed E-state index contributed by atoms with van der Waals surface area (Å²) in [4.78, 5) is 41.4. The summed E-state index contributed by atoms with van der Waals surface area (Å²) in [5.41, 5.74) is 6.56. The number of methoxy groups -OCH3 is 2. The number of ketones is 1. The highest BCUT2D eigenvalue weighted by molar-refractivity contribution is 6.38. The number of carbonyl (C=O) groups is 3. The second-order valence-electron chi connectivity index (χ2n) is 10.9. The van der Waals surface area contributed by atoms with Gasteiger partial charge in [-0.2, -0.15) is 0 Å². The molecule has 2 atom stereocenters. The first-order chi connectivity index (χ1) is 19.6. The van der Waals surface area contributed by atoms with Crippen LogP contribution in [0.15, 0.2) is 42.5 Å². The number of ether oxygens (including phenoxy) is 4. The summed E-state index contributed by atoms with van der Waals surface area (Å²) in [6.07, 6.45) is 2.94. The van der Waals surface area contributed by atoms with Crippen LogP contribution in [0.1, 0.15) is 70.1 Å². The molecule has 9 heteroatoms. The number of amides is 1. The van der Waals surface area contributed by atoms with Gasteiger partial charge in [0, 0.05) is 18.5 Å². The highest BCUT2D eigenvalue weighted by Crippen LogP contribution is 2.32. The van der Waals surface area contributed by atoms with Gasteiger partial charge in [-0.15, -0.1) is 0 Å². The third kappa shape index (κ3) is 8.22. The van der Waals surface area contributed by atoms with E-state index >= 15 is 0 Å². The van der Waals surface area contributed by atoms with Gasteiger partial charge in [-0.05, 0) is 73.9 Å². The maximum Gasteiger partial charge on any atom is 0.329 e. The summed E-state index contributed by atoms with van der Waals surface area (Å²) < 4.78 is 22.7. The predicted octanol–water partition coefficient (Wildman–Crippen LogP) is 4.64. The van der Waals surface area contributed by atoms with E-state index in [0.717, 1.165) is 24.0 Å². The maximum absolute atomic E-state index is 13.7. The molecule has 2 N–H and O–H groups in total. The zero-order chi connectivity index (χ0) is 30.0. The first kappa shape index (κ1) is 31.9. The fraction of sp³-hybridized carbons (Fsp3) is 0.531. The van der Waals surface area contributed by atoms with E-state index in [1.54, 1.807) is 28.1 Å². The predicted molar refractivity (Wildman–Crippen MR) is 156 cm³/mol. The summed E-state index contributed by atoms with van der Waals surface area (Å²) in [5.74, 6) is 0.276. The van der Waals surface area contributed by atoms with Gasteiger partial charge in [-0.1, -0.05) is 39.0 Å². The van der Waals surface area contributed by atoms with Gasteiger partial charge < -0.3 is 29.6 Å². The minimum Gasteiger partial charge on any atom is -0.493 e. The van der Waals surface area contributed by atoms with Gasteiger partial charge in [-0.3, -0.25) is 9.59 Å². The zero-order valence-electron chi connectivity index (χ0n) is 24.9. The van der Waals surface area contributed by atoms with E-state index in [-0.39, 0.29) is 0 Å². The lowest BCUT2D eigenvalue weighted by molar-refractivity contribution is -0.164. The third-order valence-electron chi connectivity index (χ3n) is 7.75. The monoisotopic (exact) mass is 568 g/mol. The molecule has 0 saturated carbocycles. The topological polar surface area (TPSA) is 117 Å². The summed E-state index contributed by atoms with van der Waals surface area (Å²) in [5, 5.41) is 0. The summed E-state index contributed by atoms with van der Waals surface area (Å²) >= 11 is 0. The van der Waals surface area contributed by atoms with Crippen molar-refractivity contribution >= 4 is 17.7 Å². The number of Topliss-reactive ketones (excluding diaryl/α,β-unsaturated/α-hetero) is 1. The molecule has 2 aromatic carbocycles. The number of nitrogens with two attached hydrogens (primary N) is 1. The Kier molecular flexibility index (Phi) is 11.6. The molecule has 0 aliphatic carbocycles. The molecule has 2 aromatic rings. The Balaban J connectivity index is 1.85. The molecular formula is C32H44N2O7. The number of benzene rings is 2. The number of nitrogens with zero attached hydrogens (tertiary/aromatic N) is 1. The van der Waals surface area contributed by atoms with Gasteiger partial charge in [0.25, 0.3) is 5.91 Å². The SMILES string of the molecule is CCC(C)(C)C(=O)C(=O)N1CCCCC1C(=O)O[C@H](CCc1ccc(OC)c(OC)c1)c1cccc(OCCN)c1. The number of piperidine rings is 1. The second-order valence-corrected chi connectivity index (χ2v) is 10.9. The van der Waals surface area contributed by atoms with Crippen molar-refractivity contribution in [3.8, 4) is 17.2 Å². The molecule has 1 aliphatic heterocycles. The lowest BCUT2D eigenvalue weighted by Gasteiger charge is -2.36. The van der Waals surface area contributed by atoms with Gasteiger partial charge >= 0.3 is 5.97 Å². The first-order valence-corrected chi connectivity index (χ1v) is 14.3. The molecule has 9 nitrogen and oxygen atoms in total. The highest BCUT2D eigenvalue weighted by Gasteiger charge is 2.41. The van der Waals surface area contributed by atoms with Crippen LogP contribution in [0.25, 0.3) is 0 Å². The molecule has 1 fully saturated rings. The highest BCUT2D eigenvalue weighted by atomic mass is 16.5. The standard InChI is InChI=1S/C32H44N2O7/c1-6-32(2,3)29(35)30(36)34-18-8-7-12-25(34)31(37)41-26(23-10-9-11-24(21-23)40-19-17-33)15-13-22-14-16-27(38-4)28(20-22)39-5/h9-11,14,16,20-21,25-26H,6-8,12-13,15,17-19,33H2,1-5H3/t25?,26-/m1/s1. The van der Waals surface area contributed by atoms with E-state index in [9.17, 15) is 14.4 Å². The number of carbonyl (C=O) groups excluding carboxylic acids is 3. The van der Waals surface area contributed by atoms with E-state index < -0.39 is 35.2 Å². The van der Waals surface area contributed by atoms with Gasteiger partial charge in [0.05, 0.1) is 14.2 Å². The van der Waals surface area contributed by atoms with Gasteiger partial charge in [-0.25, -0.2) is 4.79 Å². The van der Waals surface area contributed by atoms with Crippen LogP contribution in [0.3, 0.4) is 0 Å². The number of aryl methyl sites for hydroxylation is 1. The van der Waals surface area contributed by atoms with Crippen LogP contribution in [-0.2, 0) is 25.5 Å². The van der Waals surface area contributed by atoms with Crippen molar-refractivity contribution in [2.24, 2.45) is 11.1 Å². The first-order valence-electron chi connectivity index (χ1n) is 14.3. The minimum atomic E-state index is -0.812. The smallest absolute Gasteiger partial charge is 0.329 e. The molecular weight excluding hydrogens is 524 g/mol. The Morgan fingerprint density at radius 1 is 1.05 bits per heavy atom. The molecule has 224 valence electrons. The van der Waals surface area contributed by atoms with Crippen molar-refractivity contribution in [1.29, 1.82) is 0 Å². The van der Waals surface area contributed by atoms with Crippen LogP contribution in [-0.4, -0.2) is 62.5 Å². The maximum atomic E-state index is 13.7. The Labute approximate surface area is 243 Å². The van der Waals surface area contributed by atoms with Crippen molar-refractivity contribution in [3.63, 3.8) is 0 Å². The molecule has 1 saturated heterocycles. The van der Waals surface area contributed by atoms with Gasteiger partial charge in [0.2, 0.25) is 5.78 Å². The number of hydrogen-bond acceptors (Lipinski definition) is 8. The average Bonchev–Trinajstić information content (AvgIpc) is 3.00. The fourth-order valence-corrected chi connectivity index (χ4v) is 4.83. The molecule has 1 amide bonds. The molecule has 0 aromatic heterocycles. The Hall–Kier alpha value is -3.59. The number of likely N-dealkylation sites (tertiary alicyclic amines) is 1. The van der Waals surface area contributed by atoms with E-state index in [1.165, 1.54) is 4.90 Å². The van der Waals surface area contributed by atoms with Crippen molar-refractivity contribution in [2.75, 3.05) is 33.9 Å². The Morgan fingerprint density at radius 2 is 1.80 bits per heavy atom. The van der Waals surface area contributed by atoms with Crippen molar-refractivity contribution in [1.82, 2.24) is 4.90 Å². The molecule has 1 unspecified atom stereocenters. The van der Waals surface area contributed by atoms with Crippen molar-refractivity contribution in [3.05, 3.63) is 53.6 Å². The zero-order valence-corrected chi connectivity index (χ0v) is 24.9. The van der Waals surface area contributed by atoms with Crippen LogP contribution in [0.5, 0.6) is 17.2 Å². The quantitative estimate of drug-likeness (QED) is 0.259. The van der Waals surface area contributed by atoms with Crippen LogP contribution in [0, 0.1) is 5.41 Å². The third-order valence-corrected chi connectivity index (χ3v) is 7.75. The molecule has 1 aliphatic rings. The van der Waals surface area contributed by atoms with Crippen molar-refractivity contribution in [2.45, 2.75) is 71.4 Å². The van der Waals surface area contributed by atoms with Crippen LogP contribution in [0.2, 0.25) is 0 Å². The van der Waals surface area contributed by atoms with Crippen LogP contribution in [0.4, 0.5) is 0 Å². The van der Waals surface area contributed by atoms with Crippen molar-refractivity contribution < 1.29 is 33.3 Å². The normalized spacial score (nSPS) is 16.0. The van der Waals surface area contributed by atoms with Gasteiger partial charge in [0.15, 0.2) is 11.5 Å². The number of esters is 1. The van der Waals surface area contributed by atoms with Crippen LogP contribution < -0.4 is 19.9 Å². The Morgan fingerprint density at radius 3 is 2.49 bits per heavy atom. The largest absolute Gasteiger partial charge is 0.493 e. The fourth-order valence-electron chi connectivity index (χ4n) is 4.83.